The molecular formula is C15H18O. The number of benzene rings is 1. The molecule has 0 spiro atoms. The first kappa shape index (κ1) is 10.1. The maximum absolute atomic E-state index is 5.35. The maximum atomic E-state index is 5.35. The molecule has 0 saturated heterocycles. The van der Waals surface area contributed by atoms with Crippen LogP contribution in [0.3, 0.4) is 0 Å². The quantitative estimate of drug-likeness (QED) is 0.731. The number of rotatable bonds is 2. The molecule has 0 aromatic heterocycles. The third kappa shape index (κ3) is 1.80. The largest absolute Gasteiger partial charge is 0.377 e. The highest BCUT2D eigenvalue weighted by atomic mass is 16.5. The van der Waals surface area contributed by atoms with Gasteiger partial charge in [0.1, 0.15) is 0 Å². The lowest BCUT2D eigenvalue weighted by molar-refractivity contribution is 0.161. The van der Waals surface area contributed by atoms with Crippen LogP contribution >= 0.6 is 0 Å². The van der Waals surface area contributed by atoms with E-state index in [9.17, 15) is 0 Å². The van der Waals surface area contributed by atoms with Gasteiger partial charge in [-0.1, -0.05) is 37.3 Å². The topological polar surface area (TPSA) is 9.23 Å². The normalized spacial score (nSPS) is 22.7. The van der Waals surface area contributed by atoms with Crippen LogP contribution in [0.4, 0.5) is 0 Å². The van der Waals surface area contributed by atoms with Crippen LogP contribution in [-0.2, 0) is 10.2 Å². The van der Waals surface area contributed by atoms with Crippen molar-refractivity contribution in [2.45, 2.75) is 31.6 Å². The van der Waals surface area contributed by atoms with E-state index in [1.54, 1.807) is 0 Å². The van der Waals surface area contributed by atoms with E-state index >= 15 is 0 Å². The van der Waals surface area contributed by atoms with Crippen molar-refractivity contribution in [1.82, 2.24) is 0 Å². The Bertz CT molecular complexity index is 427. The lowest BCUT2D eigenvalue weighted by Gasteiger charge is -2.16. The van der Waals surface area contributed by atoms with E-state index in [4.69, 9.17) is 4.74 Å². The molecule has 0 radical (unpaired) electrons. The molecule has 1 aromatic carbocycles. The summed E-state index contributed by atoms with van der Waals surface area (Å²) in [5.41, 5.74) is 4.84. The molecule has 0 unspecified atom stereocenters. The van der Waals surface area contributed by atoms with E-state index in [0.29, 0.717) is 5.41 Å². The van der Waals surface area contributed by atoms with Gasteiger partial charge >= 0.3 is 0 Å². The fraction of sp³-hybridized carbons (Fsp3) is 0.467. The Labute approximate surface area is 97.1 Å². The van der Waals surface area contributed by atoms with E-state index in [2.05, 4.69) is 37.3 Å². The van der Waals surface area contributed by atoms with Crippen molar-refractivity contribution in [2.24, 2.45) is 0 Å². The minimum atomic E-state index is 0.474. The van der Waals surface area contributed by atoms with Gasteiger partial charge < -0.3 is 4.74 Å². The monoisotopic (exact) mass is 214 g/mol. The Morgan fingerprint density at radius 3 is 2.81 bits per heavy atom. The molecule has 1 fully saturated rings. The van der Waals surface area contributed by atoms with Crippen LogP contribution < -0.4 is 0 Å². The van der Waals surface area contributed by atoms with Gasteiger partial charge in [0.2, 0.25) is 0 Å². The minimum Gasteiger partial charge on any atom is -0.377 e. The predicted octanol–water partition coefficient (Wildman–Crippen LogP) is 3.54. The molecule has 0 bridgehead atoms. The number of ether oxygens (including phenoxy) is 1. The van der Waals surface area contributed by atoms with Gasteiger partial charge in [0.25, 0.3) is 0 Å². The number of hydrogen-bond donors (Lipinski definition) is 0. The van der Waals surface area contributed by atoms with Crippen LogP contribution in [0.15, 0.2) is 30.3 Å². The molecule has 3 rings (SSSR count). The van der Waals surface area contributed by atoms with Crippen LogP contribution in [0, 0.1) is 0 Å². The molecule has 1 aliphatic heterocycles. The van der Waals surface area contributed by atoms with Crippen LogP contribution in [0.1, 0.15) is 37.3 Å². The average molecular weight is 214 g/mol. The minimum absolute atomic E-state index is 0.474. The molecule has 0 atom stereocenters. The van der Waals surface area contributed by atoms with E-state index in [0.717, 1.165) is 19.6 Å². The van der Waals surface area contributed by atoms with Gasteiger partial charge in [-0.3, -0.25) is 0 Å². The van der Waals surface area contributed by atoms with Gasteiger partial charge in [-0.25, -0.2) is 0 Å². The molecular weight excluding hydrogens is 196 g/mol. The van der Waals surface area contributed by atoms with Crippen molar-refractivity contribution < 1.29 is 4.74 Å². The smallest absolute Gasteiger partial charge is 0.0653 e. The molecule has 1 aliphatic carbocycles. The Morgan fingerprint density at radius 2 is 2.12 bits per heavy atom. The molecule has 84 valence electrons. The predicted molar refractivity (Wildman–Crippen MR) is 66.4 cm³/mol. The van der Waals surface area contributed by atoms with Crippen LogP contribution in [0.5, 0.6) is 0 Å². The lowest BCUT2D eigenvalue weighted by Crippen LogP contribution is -2.05. The van der Waals surface area contributed by atoms with E-state index in [1.165, 1.54) is 29.5 Å². The van der Waals surface area contributed by atoms with Gasteiger partial charge in [0, 0.05) is 0 Å². The lowest BCUT2D eigenvalue weighted by atomic mass is 9.93. The SMILES string of the molecule is CC1(c2cccc(C3=CCOCC3)c2)CC1. The standard InChI is InChI=1S/C15H18O/c1-15(7-8-15)14-4-2-3-13(11-14)12-5-9-16-10-6-12/h2-5,11H,6-10H2,1H3. The third-order valence-electron chi connectivity index (χ3n) is 3.89. The van der Waals surface area contributed by atoms with Gasteiger partial charge in [0.15, 0.2) is 0 Å². The van der Waals surface area contributed by atoms with Gasteiger partial charge in [0.05, 0.1) is 13.2 Å². The van der Waals surface area contributed by atoms with Gasteiger partial charge in [-0.15, -0.1) is 0 Å². The second-order valence-electron chi connectivity index (χ2n) is 5.20. The zero-order valence-corrected chi connectivity index (χ0v) is 9.83. The summed E-state index contributed by atoms with van der Waals surface area (Å²) in [6, 6.07) is 9.08. The Balaban J connectivity index is 1.92. The van der Waals surface area contributed by atoms with E-state index in [1.807, 2.05) is 0 Å². The molecule has 2 aliphatic rings. The van der Waals surface area contributed by atoms with Crippen LogP contribution in [0.25, 0.3) is 5.57 Å². The zero-order valence-electron chi connectivity index (χ0n) is 9.83. The molecule has 0 amide bonds. The van der Waals surface area contributed by atoms with Crippen molar-refractivity contribution in [1.29, 1.82) is 0 Å². The summed E-state index contributed by atoms with van der Waals surface area (Å²) < 4.78 is 5.35. The molecule has 1 heteroatoms. The van der Waals surface area contributed by atoms with Gasteiger partial charge in [-0.05, 0) is 41.4 Å². The van der Waals surface area contributed by atoms with E-state index < -0.39 is 0 Å². The molecule has 0 N–H and O–H groups in total. The van der Waals surface area contributed by atoms with Gasteiger partial charge in [-0.2, -0.15) is 0 Å². The summed E-state index contributed by atoms with van der Waals surface area (Å²) in [4.78, 5) is 0. The van der Waals surface area contributed by atoms with Crippen molar-refractivity contribution >= 4 is 5.57 Å². The first-order chi connectivity index (χ1) is 7.78. The van der Waals surface area contributed by atoms with E-state index in [-0.39, 0.29) is 0 Å². The Hall–Kier alpha value is -1.08. The highest BCUT2D eigenvalue weighted by Gasteiger charge is 2.38. The fourth-order valence-corrected chi connectivity index (χ4v) is 2.36. The summed E-state index contributed by atoms with van der Waals surface area (Å²) in [5, 5.41) is 0. The second kappa shape index (κ2) is 3.74. The van der Waals surface area contributed by atoms with Crippen LogP contribution in [-0.4, -0.2) is 13.2 Å². The summed E-state index contributed by atoms with van der Waals surface area (Å²) in [6.45, 7) is 4.01. The molecule has 1 aromatic rings. The Morgan fingerprint density at radius 1 is 1.25 bits per heavy atom. The first-order valence-corrected chi connectivity index (χ1v) is 6.16. The third-order valence-corrected chi connectivity index (χ3v) is 3.89. The van der Waals surface area contributed by atoms with Crippen molar-refractivity contribution in [3.63, 3.8) is 0 Å². The molecule has 1 nitrogen and oxygen atoms in total. The van der Waals surface area contributed by atoms with Crippen molar-refractivity contribution in [3.05, 3.63) is 41.5 Å². The fourth-order valence-electron chi connectivity index (χ4n) is 2.36. The maximum Gasteiger partial charge on any atom is 0.0653 e. The van der Waals surface area contributed by atoms with Crippen LogP contribution in [0.2, 0.25) is 0 Å². The highest BCUT2D eigenvalue weighted by molar-refractivity contribution is 5.67. The molecule has 1 heterocycles. The number of hydrogen-bond acceptors (Lipinski definition) is 1. The first-order valence-electron chi connectivity index (χ1n) is 6.16. The van der Waals surface area contributed by atoms with Crippen molar-refractivity contribution in [3.8, 4) is 0 Å². The molecule has 1 saturated carbocycles. The second-order valence-corrected chi connectivity index (χ2v) is 5.20. The summed E-state index contributed by atoms with van der Waals surface area (Å²) in [6.07, 6.45) is 5.97. The highest BCUT2D eigenvalue weighted by Crippen LogP contribution is 2.47. The average Bonchev–Trinajstić information content (AvgIpc) is 3.10. The molecule has 16 heavy (non-hydrogen) atoms. The summed E-state index contributed by atoms with van der Waals surface area (Å²) in [7, 11) is 0. The zero-order chi connectivity index (χ0) is 11.0. The van der Waals surface area contributed by atoms with Crippen molar-refractivity contribution in [2.75, 3.05) is 13.2 Å². The summed E-state index contributed by atoms with van der Waals surface area (Å²) >= 11 is 0. The summed E-state index contributed by atoms with van der Waals surface area (Å²) in [5.74, 6) is 0. The Kier molecular flexibility index (Phi) is 2.36.